The lowest BCUT2D eigenvalue weighted by atomic mass is 10.1. The number of nitrogens with one attached hydrogen (secondary N) is 1. The van der Waals surface area contributed by atoms with E-state index in [2.05, 4.69) is 24.1 Å². The number of aryl methyl sites for hydroxylation is 1. The zero-order chi connectivity index (χ0) is 20.0. The molecule has 0 heterocycles. The highest BCUT2D eigenvalue weighted by Crippen LogP contribution is 2.26. The summed E-state index contributed by atoms with van der Waals surface area (Å²) < 4.78 is 0. The first kappa shape index (κ1) is 20.8. The van der Waals surface area contributed by atoms with Crippen molar-refractivity contribution in [1.82, 2.24) is 0 Å². The highest BCUT2D eigenvalue weighted by molar-refractivity contribution is 6.30. The molecule has 2 amide bonds. The molecular formula is C21H26ClN3O2. The van der Waals surface area contributed by atoms with Gasteiger partial charge in [-0.1, -0.05) is 17.7 Å². The first-order valence-corrected chi connectivity index (χ1v) is 9.42. The van der Waals surface area contributed by atoms with E-state index in [1.165, 1.54) is 11.8 Å². The second-order valence-electron chi connectivity index (χ2n) is 6.31. The SMILES string of the molecule is CCN(CC)c1ccc(N(CC(=O)Nc2cccc(Cl)c2)C(C)=O)c(C)c1. The van der Waals surface area contributed by atoms with E-state index in [4.69, 9.17) is 11.6 Å². The summed E-state index contributed by atoms with van der Waals surface area (Å²) in [5, 5.41) is 3.32. The monoisotopic (exact) mass is 387 g/mol. The van der Waals surface area contributed by atoms with Gasteiger partial charge in [0.2, 0.25) is 11.8 Å². The Balaban J connectivity index is 2.19. The van der Waals surface area contributed by atoms with Gasteiger partial charge in [-0.15, -0.1) is 0 Å². The Labute approximate surface area is 165 Å². The molecule has 5 nitrogen and oxygen atoms in total. The van der Waals surface area contributed by atoms with Crippen LogP contribution in [0.4, 0.5) is 17.1 Å². The molecule has 27 heavy (non-hydrogen) atoms. The molecule has 0 aliphatic heterocycles. The first-order valence-electron chi connectivity index (χ1n) is 9.04. The van der Waals surface area contributed by atoms with Crippen molar-refractivity contribution >= 4 is 40.5 Å². The molecule has 0 radical (unpaired) electrons. The fourth-order valence-electron chi connectivity index (χ4n) is 3.00. The molecule has 0 aliphatic carbocycles. The topological polar surface area (TPSA) is 52.6 Å². The highest BCUT2D eigenvalue weighted by atomic mass is 35.5. The third-order valence-corrected chi connectivity index (χ3v) is 4.63. The van der Waals surface area contributed by atoms with Crippen molar-refractivity contribution < 1.29 is 9.59 Å². The molecule has 2 aromatic carbocycles. The summed E-state index contributed by atoms with van der Waals surface area (Å²) in [6.07, 6.45) is 0. The van der Waals surface area contributed by atoms with Crippen molar-refractivity contribution in [2.75, 3.05) is 34.8 Å². The minimum Gasteiger partial charge on any atom is -0.372 e. The Kier molecular flexibility index (Phi) is 7.25. The van der Waals surface area contributed by atoms with Crippen LogP contribution in [0.2, 0.25) is 5.02 Å². The van der Waals surface area contributed by atoms with E-state index in [1.54, 1.807) is 24.3 Å². The van der Waals surface area contributed by atoms with Gasteiger partial charge in [0.1, 0.15) is 6.54 Å². The van der Waals surface area contributed by atoms with Crippen molar-refractivity contribution in [2.45, 2.75) is 27.7 Å². The molecule has 144 valence electrons. The van der Waals surface area contributed by atoms with Crippen molar-refractivity contribution in [1.29, 1.82) is 0 Å². The summed E-state index contributed by atoms with van der Waals surface area (Å²) in [4.78, 5) is 28.3. The Morgan fingerprint density at radius 1 is 1.07 bits per heavy atom. The standard InChI is InChI=1S/C21H26ClN3O2/c1-5-24(6-2)19-10-11-20(15(3)12-19)25(16(4)26)14-21(27)23-18-9-7-8-17(22)13-18/h7-13H,5-6,14H2,1-4H3,(H,23,27). The predicted molar refractivity (Wildman–Crippen MR) is 113 cm³/mol. The van der Waals surface area contributed by atoms with E-state index in [9.17, 15) is 9.59 Å². The number of anilines is 3. The maximum absolute atomic E-state index is 12.4. The number of hydrogen-bond donors (Lipinski definition) is 1. The van der Waals surface area contributed by atoms with Gasteiger partial charge in [-0.3, -0.25) is 9.59 Å². The van der Waals surface area contributed by atoms with Gasteiger partial charge in [-0.25, -0.2) is 0 Å². The van der Waals surface area contributed by atoms with E-state index < -0.39 is 0 Å². The largest absolute Gasteiger partial charge is 0.372 e. The van der Waals surface area contributed by atoms with Crippen molar-refractivity contribution in [3.8, 4) is 0 Å². The van der Waals surface area contributed by atoms with E-state index in [1.807, 2.05) is 25.1 Å². The van der Waals surface area contributed by atoms with Gasteiger partial charge in [-0.2, -0.15) is 0 Å². The molecule has 6 heteroatoms. The Morgan fingerprint density at radius 2 is 1.78 bits per heavy atom. The van der Waals surface area contributed by atoms with Gasteiger partial charge in [0.05, 0.1) is 0 Å². The molecule has 0 saturated carbocycles. The maximum Gasteiger partial charge on any atom is 0.244 e. The number of amides is 2. The summed E-state index contributed by atoms with van der Waals surface area (Å²) >= 11 is 5.95. The number of carbonyl (C=O) groups is 2. The van der Waals surface area contributed by atoms with Crippen molar-refractivity contribution in [3.63, 3.8) is 0 Å². The van der Waals surface area contributed by atoms with Crippen LogP contribution in [0.3, 0.4) is 0 Å². The van der Waals surface area contributed by atoms with Gasteiger partial charge < -0.3 is 15.1 Å². The molecular weight excluding hydrogens is 362 g/mol. The molecule has 0 bridgehead atoms. The van der Waals surface area contributed by atoms with E-state index in [-0.39, 0.29) is 18.4 Å². The number of carbonyl (C=O) groups excluding carboxylic acids is 2. The summed E-state index contributed by atoms with van der Waals surface area (Å²) in [5.74, 6) is -0.463. The minimum atomic E-state index is -0.278. The van der Waals surface area contributed by atoms with Crippen molar-refractivity contribution in [3.05, 3.63) is 53.1 Å². The predicted octanol–water partition coefficient (Wildman–Crippen LogP) is 4.49. The first-order chi connectivity index (χ1) is 12.8. The van der Waals surface area contributed by atoms with Crippen LogP contribution in [-0.2, 0) is 9.59 Å². The van der Waals surface area contributed by atoms with Crippen LogP contribution in [0, 0.1) is 6.92 Å². The number of nitrogens with zero attached hydrogens (tertiary/aromatic N) is 2. The average molecular weight is 388 g/mol. The Bertz CT molecular complexity index is 819. The molecule has 2 rings (SSSR count). The molecule has 0 aromatic heterocycles. The van der Waals surface area contributed by atoms with E-state index in [0.717, 1.165) is 30.0 Å². The van der Waals surface area contributed by atoms with Crippen LogP contribution in [-0.4, -0.2) is 31.4 Å². The van der Waals surface area contributed by atoms with Crippen LogP contribution >= 0.6 is 11.6 Å². The molecule has 0 fully saturated rings. The van der Waals surface area contributed by atoms with Gasteiger partial charge in [0.25, 0.3) is 0 Å². The molecule has 0 spiro atoms. The van der Waals surface area contributed by atoms with Gasteiger partial charge in [0, 0.05) is 42.1 Å². The van der Waals surface area contributed by atoms with E-state index in [0.29, 0.717) is 10.7 Å². The Hall–Kier alpha value is -2.53. The van der Waals surface area contributed by atoms with Crippen LogP contribution in [0.5, 0.6) is 0 Å². The van der Waals surface area contributed by atoms with Crippen LogP contribution in [0.1, 0.15) is 26.3 Å². The highest BCUT2D eigenvalue weighted by Gasteiger charge is 2.18. The Morgan fingerprint density at radius 3 is 2.33 bits per heavy atom. The lowest BCUT2D eigenvalue weighted by Gasteiger charge is -2.26. The number of halogens is 1. The number of benzene rings is 2. The molecule has 0 atom stereocenters. The summed E-state index contributed by atoms with van der Waals surface area (Å²) in [6.45, 7) is 9.38. The zero-order valence-electron chi connectivity index (χ0n) is 16.3. The third kappa shape index (κ3) is 5.47. The maximum atomic E-state index is 12.4. The summed E-state index contributed by atoms with van der Waals surface area (Å²) in [5.41, 5.74) is 3.39. The summed E-state index contributed by atoms with van der Waals surface area (Å²) in [6, 6.07) is 12.9. The average Bonchev–Trinajstić information content (AvgIpc) is 2.61. The van der Waals surface area contributed by atoms with Crippen LogP contribution in [0.25, 0.3) is 0 Å². The van der Waals surface area contributed by atoms with E-state index >= 15 is 0 Å². The molecule has 0 aliphatic rings. The second kappa shape index (κ2) is 9.42. The number of rotatable bonds is 7. The number of hydrogen-bond acceptors (Lipinski definition) is 3. The lowest BCUT2D eigenvalue weighted by molar-refractivity contribution is -0.120. The van der Waals surface area contributed by atoms with Gasteiger partial charge in [-0.05, 0) is 62.7 Å². The normalized spacial score (nSPS) is 10.4. The molecule has 0 saturated heterocycles. The van der Waals surface area contributed by atoms with Crippen LogP contribution < -0.4 is 15.1 Å². The smallest absolute Gasteiger partial charge is 0.244 e. The molecule has 2 aromatic rings. The van der Waals surface area contributed by atoms with Gasteiger partial charge in [0.15, 0.2) is 0 Å². The molecule has 1 N–H and O–H groups in total. The molecule has 0 unspecified atom stereocenters. The fraction of sp³-hybridized carbons (Fsp3) is 0.333. The third-order valence-electron chi connectivity index (χ3n) is 4.39. The summed E-state index contributed by atoms with van der Waals surface area (Å²) in [7, 11) is 0. The minimum absolute atomic E-state index is 0.0622. The lowest BCUT2D eigenvalue weighted by Crippen LogP contribution is -2.37. The fourth-order valence-corrected chi connectivity index (χ4v) is 3.19. The van der Waals surface area contributed by atoms with Crippen LogP contribution in [0.15, 0.2) is 42.5 Å². The second-order valence-corrected chi connectivity index (χ2v) is 6.74. The quantitative estimate of drug-likeness (QED) is 0.761. The zero-order valence-corrected chi connectivity index (χ0v) is 17.0. The van der Waals surface area contributed by atoms with Gasteiger partial charge >= 0.3 is 0 Å². The van der Waals surface area contributed by atoms with Crippen molar-refractivity contribution in [2.24, 2.45) is 0 Å².